The Bertz CT molecular complexity index is 1340. The molecule has 1 saturated heterocycles. The highest BCUT2D eigenvalue weighted by Crippen LogP contribution is 2.32. The van der Waals surface area contributed by atoms with Crippen LogP contribution >= 0.6 is 12.4 Å². The molecule has 1 aromatic carbocycles. The molecule has 0 bridgehead atoms. The minimum Gasteiger partial charge on any atom is -0.489 e. The van der Waals surface area contributed by atoms with Gasteiger partial charge in [0.25, 0.3) is 0 Å². The number of rotatable bonds is 5. The van der Waals surface area contributed by atoms with Crippen molar-refractivity contribution in [1.29, 1.82) is 0 Å². The van der Waals surface area contributed by atoms with Gasteiger partial charge >= 0.3 is 0 Å². The zero-order chi connectivity index (χ0) is 23.3. The molecule has 0 aliphatic carbocycles. The van der Waals surface area contributed by atoms with Gasteiger partial charge in [0.1, 0.15) is 22.8 Å². The summed E-state index contributed by atoms with van der Waals surface area (Å²) >= 11 is 0. The number of nitrogens with zero attached hydrogens (tertiary/aromatic N) is 5. The van der Waals surface area contributed by atoms with Crippen molar-refractivity contribution in [2.45, 2.75) is 51.9 Å². The first kappa shape index (κ1) is 24.3. The van der Waals surface area contributed by atoms with Gasteiger partial charge in [0.05, 0.1) is 11.7 Å². The SMILES string of the molecule is CC(C)Oc1cc(F)cc2ccc(-c3nnc4ccc([C@@H](C)N5CCC(C)(O)C5)cn34)nc12.Cl. The summed E-state index contributed by atoms with van der Waals surface area (Å²) in [6.45, 7) is 9.32. The average Bonchev–Trinajstić information content (AvgIpc) is 3.35. The Morgan fingerprint density at radius 2 is 1.91 bits per heavy atom. The maximum Gasteiger partial charge on any atom is 0.187 e. The fourth-order valence-corrected chi connectivity index (χ4v) is 4.49. The maximum absolute atomic E-state index is 14.1. The minimum atomic E-state index is -0.648. The van der Waals surface area contributed by atoms with Gasteiger partial charge < -0.3 is 9.84 Å². The number of fused-ring (bicyclic) bond motifs is 2. The molecule has 0 radical (unpaired) electrons. The van der Waals surface area contributed by atoms with E-state index >= 15 is 0 Å². The van der Waals surface area contributed by atoms with E-state index in [-0.39, 0.29) is 30.4 Å². The number of likely N-dealkylation sites (tertiary alicyclic amines) is 1. The first-order chi connectivity index (χ1) is 15.7. The Hall–Kier alpha value is -2.81. The Morgan fingerprint density at radius 1 is 1.12 bits per heavy atom. The van der Waals surface area contributed by atoms with Crippen LogP contribution in [-0.4, -0.2) is 54.4 Å². The molecule has 1 aliphatic heterocycles. The molecule has 5 rings (SSSR count). The van der Waals surface area contributed by atoms with Crippen LogP contribution in [-0.2, 0) is 0 Å². The third-order valence-electron chi connectivity index (χ3n) is 6.25. The third kappa shape index (κ3) is 4.58. The third-order valence-corrected chi connectivity index (χ3v) is 6.25. The van der Waals surface area contributed by atoms with Crippen molar-refractivity contribution in [2.75, 3.05) is 13.1 Å². The molecule has 0 spiro atoms. The molecular formula is C25H29ClFN5O2. The normalized spacial score (nSPS) is 19.6. The molecule has 1 N–H and O–H groups in total. The number of β-amino-alcohol motifs (C(OH)–C–C–N with tert-alkyl or cyclic N) is 1. The molecule has 0 saturated carbocycles. The summed E-state index contributed by atoms with van der Waals surface area (Å²) in [4.78, 5) is 7.06. The van der Waals surface area contributed by atoms with Crippen LogP contribution in [0, 0.1) is 5.82 Å². The second kappa shape index (κ2) is 9.09. The molecule has 2 atom stereocenters. The summed E-state index contributed by atoms with van der Waals surface area (Å²) in [6, 6.07) is 10.6. The summed E-state index contributed by atoms with van der Waals surface area (Å²) in [6.07, 6.45) is 2.69. The molecule has 1 fully saturated rings. The predicted octanol–water partition coefficient (Wildman–Crippen LogP) is 4.81. The van der Waals surface area contributed by atoms with Gasteiger partial charge in [-0.2, -0.15) is 0 Å². The van der Waals surface area contributed by atoms with Crippen molar-refractivity contribution in [1.82, 2.24) is 24.5 Å². The first-order valence-corrected chi connectivity index (χ1v) is 11.3. The van der Waals surface area contributed by atoms with Crippen LogP contribution in [0.5, 0.6) is 5.75 Å². The standard InChI is InChI=1S/C25H28FN5O2.ClH/c1-15(2)33-21-12-19(26)11-17-5-7-20(27-23(17)21)24-29-28-22-8-6-18(13-31(22)24)16(3)30-10-9-25(4,32)14-30;/h5-8,11-13,15-16,32H,9-10,14H2,1-4H3;1H/t16-,25?;/m1./s1. The van der Waals surface area contributed by atoms with E-state index in [1.165, 1.54) is 12.1 Å². The number of hydrogen-bond donors (Lipinski definition) is 1. The Morgan fingerprint density at radius 3 is 2.62 bits per heavy atom. The van der Waals surface area contributed by atoms with E-state index in [2.05, 4.69) is 28.1 Å². The topological polar surface area (TPSA) is 75.8 Å². The lowest BCUT2D eigenvalue weighted by atomic mass is 10.1. The smallest absolute Gasteiger partial charge is 0.187 e. The van der Waals surface area contributed by atoms with Gasteiger partial charge in [0.15, 0.2) is 11.5 Å². The summed E-state index contributed by atoms with van der Waals surface area (Å²) < 4.78 is 21.8. The fourth-order valence-electron chi connectivity index (χ4n) is 4.49. The van der Waals surface area contributed by atoms with E-state index in [9.17, 15) is 9.50 Å². The summed E-state index contributed by atoms with van der Waals surface area (Å²) in [5.41, 5.74) is 2.39. The molecule has 4 aromatic rings. The van der Waals surface area contributed by atoms with Crippen molar-refractivity contribution < 1.29 is 14.2 Å². The monoisotopic (exact) mass is 485 g/mol. The molecule has 4 heterocycles. The van der Waals surface area contributed by atoms with Crippen LogP contribution in [0.2, 0.25) is 0 Å². The number of ether oxygens (including phenoxy) is 1. The lowest BCUT2D eigenvalue weighted by molar-refractivity contribution is 0.0633. The predicted molar refractivity (Wildman–Crippen MR) is 132 cm³/mol. The van der Waals surface area contributed by atoms with Crippen LogP contribution in [0.3, 0.4) is 0 Å². The van der Waals surface area contributed by atoms with Crippen LogP contribution in [0.1, 0.15) is 45.7 Å². The first-order valence-electron chi connectivity index (χ1n) is 11.3. The highest BCUT2D eigenvalue weighted by molar-refractivity contribution is 5.86. The van der Waals surface area contributed by atoms with Gasteiger partial charge in [-0.1, -0.05) is 12.1 Å². The van der Waals surface area contributed by atoms with E-state index in [4.69, 9.17) is 9.72 Å². The molecular weight excluding hydrogens is 457 g/mol. The lowest BCUT2D eigenvalue weighted by Crippen LogP contribution is -2.31. The molecule has 1 aliphatic rings. The van der Waals surface area contributed by atoms with E-state index in [1.807, 2.05) is 49.6 Å². The van der Waals surface area contributed by atoms with Crippen LogP contribution < -0.4 is 4.74 Å². The van der Waals surface area contributed by atoms with Crippen molar-refractivity contribution >= 4 is 29.0 Å². The Balaban J connectivity index is 0.00000274. The van der Waals surface area contributed by atoms with Gasteiger partial charge in [0, 0.05) is 36.8 Å². The summed E-state index contributed by atoms with van der Waals surface area (Å²) in [5.74, 6) is 0.653. The van der Waals surface area contributed by atoms with Crippen LogP contribution in [0.25, 0.3) is 28.1 Å². The number of pyridine rings is 2. The van der Waals surface area contributed by atoms with Gasteiger partial charge in [0.2, 0.25) is 0 Å². The van der Waals surface area contributed by atoms with Gasteiger partial charge in [-0.15, -0.1) is 22.6 Å². The summed E-state index contributed by atoms with van der Waals surface area (Å²) in [7, 11) is 0. The Kier molecular flexibility index (Phi) is 6.50. The molecule has 7 nitrogen and oxygen atoms in total. The number of aromatic nitrogens is 4. The lowest BCUT2D eigenvalue weighted by Gasteiger charge is -2.26. The second-order valence-corrected chi connectivity index (χ2v) is 9.45. The average molecular weight is 486 g/mol. The largest absolute Gasteiger partial charge is 0.489 e. The molecule has 9 heteroatoms. The van der Waals surface area contributed by atoms with Gasteiger partial charge in [-0.05, 0) is 57.9 Å². The van der Waals surface area contributed by atoms with Crippen molar-refractivity contribution in [3.05, 3.63) is 54.0 Å². The highest BCUT2D eigenvalue weighted by Gasteiger charge is 2.34. The summed E-state index contributed by atoms with van der Waals surface area (Å²) in [5, 5.41) is 19.7. The van der Waals surface area contributed by atoms with Gasteiger partial charge in [-0.3, -0.25) is 9.30 Å². The van der Waals surface area contributed by atoms with Gasteiger partial charge in [-0.25, -0.2) is 9.37 Å². The maximum atomic E-state index is 14.1. The minimum absolute atomic E-state index is 0. The quantitative estimate of drug-likeness (QED) is 0.437. The van der Waals surface area contributed by atoms with E-state index < -0.39 is 5.60 Å². The number of halogens is 2. The van der Waals surface area contributed by atoms with E-state index in [1.54, 1.807) is 0 Å². The molecule has 180 valence electrons. The molecule has 1 unspecified atom stereocenters. The van der Waals surface area contributed by atoms with Crippen LogP contribution in [0.15, 0.2) is 42.6 Å². The second-order valence-electron chi connectivity index (χ2n) is 9.45. The van der Waals surface area contributed by atoms with E-state index in [0.29, 0.717) is 40.4 Å². The van der Waals surface area contributed by atoms with Crippen molar-refractivity contribution in [3.8, 4) is 17.3 Å². The van der Waals surface area contributed by atoms with Crippen molar-refractivity contribution in [2.24, 2.45) is 0 Å². The highest BCUT2D eigenvalue weighted by atomic mass is 35.5. The number of aliphatic hydroxyl groups is 1. The zero-order valence-corrected chi connectivity index (χ0v) is 20.5. The van der Waals surface area contributed by atoms with Crippen molar-refractivity contribution in [3.63, 3.8) is 0 Å². The number of hydrogen-bond acceptors (Lipinski definition) is 6. The Labute approximate surface area is 204 Å². The van der Waals surface area contributed by atoms with Crippen LogP contribution in [0.4, 0.5) is 4.39 Å². The van der Waals surface area contributed by atoms with E-state index in [0.717, 1.165) is 18.5 Å². The molecule has 34 heavy (non-hydrogen) atoms. The zero-order valence-electron chi connectivity index (χ0n) is 19.7. The fraction of sp³-hybridized carbons (Fsp3) is 0.400. The molecule has 3 aromatic heterocycles. The molecule has 0 amide bonds. The number of benzene rings is 1.